The molecule has 1 unspecified atom stereocenters. The largest absolute Gasteiger partial charge is 0.378 e. The minimum Gasteiger partial charge on any atom is -0.378 e. The van der Waals surface area contributed by atoms with E-state index in [1.807, 2.05) is 56.3 Å². The predicted octanol–water partition coefficient (Wildman–Crippen LogP) is 4.32. The summed E-state index contributed by atoms with van der Waals surface area (Å²) in [5.74, 6) is 0.921. The third-order valence-electron chi connectivity index (χ3n) is 5.97. The zero-order valence-corrected chi connectivity index (χ0v) is 19.6. The summed E-state index contributed by atoms with van der Waals surface area (Å²) in [6, 6.07) is 18.2. The van der Waals surface area contributed by atoms with E-state index in [1.165, 1.54) is 17.3 Å². The molecule has 0 amide bonds. The van der Waals surface area contributed by atoms with E-state index in [1.54, 1.807) is 0 Å². The number of para-hydroxylation sites is 1. The monoisotopic (exact) mass is 461 g/mol. The summed E-state index contributed by atoms with van der Waals surface area (Å²) in [4.78, 5) is 19.0. The van der Waals surface area contributed by atoms with Crippen LogP contribution < -0.4 is 4.90 Å². The van der Waals surface area contributed by atoms with Gasteiger partial charge in [0.05, 0.1) is 25.0 Å². The highest BCUT2D eigenvalue weighted by Crippen LogP contribution is 2.31. The van der Waals surface area contributed by atoms with E-state index < -0.39 is 0 Å². The molecule has 170 valence electrons. The molecule has 0 saturated carbocycles. The Morgan fingerprint density at radius 2 is 1.82 bits per heavy atom. The number of aromatic amines is 1. The molecule has 33 heavy (non-hydrogen) atoms. The molecule has 4 aromatic rings. The molecule has 1 fully saturated rings. The highest BCUT2D eigenvalue weighted by Gasteiger charge is 2.26. The number of thioether (sulfide) groups is 1. The van der Waals surface area contributed by atoms with E-state index in [9.17, 15) is 4.79 Å². The average Bonchev–Trinajstić information content (AvgIpc) is 3.39. The van der Waals surface area contributed by atoms with Crippen molar-refractivity contribution in [1.82, 2.24) is 19.7 Å². The number of hydrogen-bond acceptors (Lipinski definition) is 6. The first-order chi connectivity index (χ1) is 16.1. The summed E-state index contributed by atoms with van der Waals surface area (Å²) in [6.45, 7) is 7.46. The Balaban J connectivity index is 1.45. The quantitative estimate of drug-likeness (QED) is 0.326. The minimum absolute atomic E-state index is 0.0946. The number of carbonyl (C=O) groups excluding carboxylic acids is 1. The van der Waals surface area contributed by atoms with Crippen molar-refractivity contribution in [3.63, 3.8) is 0 Å². The second kappa shape index (κ2) is 9.41. The molecule has 2 aromatic heterocycles. The number of ketones is 1. The molecular formula is C25H27N5O2S. The topological polar surface area (TPSA) is 76.0 Å². The van der Waals surface area contributed by atoms with E-state index in [0.717, 1.165) is 46.4 Å². The van der Waals surface area contributed by atoms with Gasteiger partial charge in [-0.3, -0.25) is 9.36 Å². The maximum Gasteiger partial charge on any atom is 0.228 e. The normalized spacial score (nSPS) is 15.2. The summed E-state index contributed by atoms with van der Waals surface area (Å²) >= 11 is 1.47. The van der Waals surface area contributed by atoms with Gasteiger partial charge in [-0.2, -0.15) is 0 Å². The number of morpholine rings is 1. The van der Waals surface area contributed by atoms with Crippen molar-refractivity contribution in [1.29, 1.82) is 0 Å². The Bertz CT molecular complexity index is 1260. The summed E-state index contributed by atoms with van der Waals surface area (Å²) in [5.41, 5.74) is 3.80. The molecular weight excluding hydrogens is 434 g/mol. The smallest absolute Gasteiger partial charge is 0.228 e. The van der Waals surface area contributed by atoms with Crippen LogP contribution in [0.2, 0.25) is 0 Å². The first-order valence-electron chi connectivity index (χ1n) is 11.2. The molecule has 1 N–H and O–H groups in total. The third kappa shape index (κ3) is 4.41. The van der Waals surface area contributed by atoms with E-state index in [4.69, 9.17) is 4.74 Å². The van der Waals surface area contributed by atoms with Crippen molar-refractivity contribution in [2.75, 3.05) is 31.2 Å². The Morgan fingerprint density at radius 1 is 1.09 bits per heavy atom. The summed E-state index contributed by atoms with van der Waals surface area (Å²) in [7, 11) is 0. The molecule has 2 aromatic carbocycles. The van der Waals surface area contributed by atoms with Crippen molar-refractivity contribution in [2.45, 2.75) is 30.8 Å². The number of benzene rings is 2. The van der Waals surface area contributed by atoms with Gasteiger partial charge >= 0.3 is 0 Å². The van der Waals surface area contributed by atoms with Crippen molar-refractivity contribution in [3.05, 3.63) is 71.4 Å². The van der Waals surface area contributed by atoms with Crippen LogP contribution in [0.25, 0.3) is 10.9 Å². The Morgan fingerprint density at radius 3 is 2.61 bits per heavy atom. The molecule has 1 aliphatic rings. The van der Waals surface area contributed by atoms with Crippen LogP contribution in [-0.4, -0.2) is 57.1 Å². The second-order valence-corrected chi connectivity index (χ2v) is 9.56. The molecule has 7 nitrogen and oxygen atoms in total. The maximum atomic E-state index is 13.5. The van der Waals surface area contributed by atoms with Crippen LogP contribution in [0.15, 0.2) is 59.8 Å². The van der Waals surface area contributed by atoms with Gasteiger partial charge in [-0.1, -0.05) is 60.3 Å². The lowest BCUT2D eigenvalue weighted by Crippen LogP contribution is -2.38. The zero-order chi connectivity index (χ0) is 22.8. The van der Waals surface area contributed by atoms with Gasteiger partial charge in [0, 0.05) is 35.2 Å². The van der Waals surface area contributed by atoms with Gasteiger partial charge in [0.25, 0.3) is 0 Å². The van der Waals surface area contributed by atoms with Crippen LogP contribution in [0.4, 0.5) is 5.95 Å². The summed E-state index contributed by atoms with van der Waals surface area (Å²) < 4.78 is 7.64. The lowest BCUT2D eigenvalue weighted by atomic mass is 10.1. The fourth-order valence-corrected chi connectivity index (χ4v) is 5.18. The minimum atomic E-state index is -0.306. The number of hydrogen-bond donors (Lipinski definition) is 1. The van der Waals surface area contributed by atoms with Gasteiger partial charge in [-0.05, 0) is 25.5 Å². The van der Waals surface area contributed by atoms with Gasteiger partial charge < -0.3 is 14.6 Å². The highest BCUT2D eigenvalue weighted by molar-refractivity contribution is 8.00. The number of Topliss-reactive ketones (excluding diaryl/α,β-unsaturated/α-hetero) is 1. The van der Waals surface area contributed by atoms with Crippen LogP contribution in [0, 0.1) is 6.92 Å². The Kier molecular flexibility index (Phi) is 6.20. The van der Waals surface area contributed by atoms with Crippen molar-refractivity contribution in [2.24, 2.45) is 0 Å². The van der Waals surface area contributed by atoms with Crippen molar-refractivity contribution < 1.29 is 9.53 Å². The number of H-pyrrole nitrogens is 1. The third-order valence-corrected chi connectivity index (χ3v) is 7.05. The first kappa shape index (κ1) is 21.7. The molecule has 8 heteroatoms. The number of anilines is 1. The first-order valence-corrected chi connectivity index (χ1v) is 12.1. The van der Waals surface area contributed by atoms with Gasteiger partial charge in [-0.25, -0.2) is 0 Å². The Hall–Kier alpha value is -3.10. The van der Waals surface area contributed by atoms with Crippen LogP contribution in [-0.2, 0) is 11.3 Å². The van der Waals surface area contributed by atoms with E-state index >= 15 is 0 Å². The highest BCUT2D eigenvalue weighted by atomic mass is 32.2. The van der Waals surface area contributed by atoms with Crippen LogP contribution in [0.3, 0.4) is 0 Å². The number of fused-ring (bicyclic) bond motifs is 1. The number of nitrogens with one attached hydrogen (secondary N) is 1. The molecule has 0 radical (unpaired) electrons. The van der Waals surface area contributed by atoms with Gasteiger partial charge in [-0.15, -0.1) is 10.2 Å². The predicted molar refractivity (Wildman–Crippen MR) is 131 cm³/mol. The van der Waals surface area contributed by atoms with Crippen LogP contribution in [0.1, 0.15) is 28.5 Å². The molecule has 1 saturated heterocycles. The van der Waals surface area contributed by atoms with Crippen LogP contribution in [0.5, 0.6) is 0 Å². The van der Waals surface area contributed by atoms with Gasteiger partial charge in [0.1, 0.15) is 0 Å². The summed E-state index contributed by atoms with van der Waals surface area (Å²) in [5, 5.41) is 10.4. The van der Waals surface area contributed by atoms with E-state index in [2.05, 4.69) is 36.8 Å². The average molecular weight is 462 g/mol. The standard InChI is InChI=1S/C25H27N5O2S/c1-17-22(20-10-6-7-11-21(20)26-17)23(31)18(2)33-25-28-27-24(29-12-14-32-15-13-29)30(25)16-19-8-4-3-5-9-19/h3-11,18,26H,12-16H2,1-2H3. The molecule has 5 rings (SSSR count). The molecule has 3 heterocycles. The molecule has 0 spiro atoms. The lowest BCUT2D eigenvalue weighted by molar-refractivity contribution is 0.0995. The molecule has 0 aliphatic carbocycles. The number of nitrogens with zero attached hydrogens (tertiary/aromatic N) is 4. The number of rotatable bonds is 7. The molecule has 1 aliphatic heterocycles. The summed E-state index contributed by atoms with van der Waals surface area (Å²) in [6.07, 6.45) is 0. The van der Waals surface area contributed by atoms with Crippen LogP contribution >= 0.6 is 11.8 Å². The lowest BCUT2D eigenvalue weighted by Gasteiger charge is -2.28. The number of aryl methyl sites for hydroxylation is 1. The fraction of sp³-hybridized carbons (Fsp3) is 0.320. The fourth-order valence-electron chi connectivity index (χ4n) is 4.28. The SMILES string of the molecule is Cc1[nH]c2ccccc2c1C(=O)C(C)Sc1nnc(N2CCOCC2)n1Cc1ccccc1. The second-order valence-electron chi connectivity index (χ2n) is 8.25. The van der Waals surface area contributed by atoms with Crippen molar-refractivity contribution in [3.8, 4) is 0 Å². The van der Waals surface area contributed by atoms with Crippen molar-refractivity contribution >= 4 is 34.4 Å². The van der Waals surface area contributed by atoms with Gasteiger partial charge in [0.15, 0.2) is 10.9 Å². The number of carbonyl (C=O) groups is 1. The molecule has 1 atom stereocenters. The zero-order valence-electron chi connectivity index (χ0n) is 18.8. The number of aromatic nitrogens is 4. The molecule has 0 bridgehead atoms. The Labute approximate surface area is 197 Å². The maximum absolute atomic E-state index is 13.5. The van der Waals surface area contributed by atoms with E-state index in [0.29, 0.717) is 19.8 Å². The van der Waals surface area contributed by atoms with Gasteiger partial charge in [0.2, 0.25) is 5.95 Å². The van der Waals surface area contributed by atoms with E-state index in [-0.39, 0.29) is 11.0 Å². The number of ether oxygens (including phenoxy) is 1.